The second kappa shape index (κ2) is 8.15. The zero-order chi connectivity index (χ0) is 20.2. The van der Waals surface area contributed by atoms with Crippen LogP contribution in [0.4, 0.5) is 11.5 Å². The van der Waals surface area contributed by atoms with E-state index in [1.807, 2.05) is 12.3 Å². The molecule has 2 heterocycles. The van der Waals surface area contributed by atoms with Crippen LogP contribution >= 0.6 is 0 Å². The van der Waals surface area contributed by atoms with Gasteiger partial charge in [0.25, 0.3) is 0 Å². The molecule has 0 aliphatic carbocycles. The maximum atomic E-state index is 11.6. The van der Waals surface area contributed by atoms with Gasteiger partial charge in [-0.05, 0) is 54.3 Å². The summed E-state index contributed by atoms with van der Waals surface area (Å²) in [5, 5.41) is 12.6. The monoisotopic (exact) mass is 382 g/mol. The summed E-state index contributed by atoms with van der Waals surface area (Å²) >= 11 is 0. The number of anilines is 2. The highest BCUT2D eigenvalue weighted by Gasteiger charge is 2.16. The molecule has 1 aliphatic heterocycles. The van der Waals surface area contributed by atoms with E-state index in [1.54, 1.807) is 18.2 Å². The minimum atomic E-state index is -0.0216. The van der Waals surface area contributed by atoms with Crippen molar-refractivity contribution in [3.63, 3.8) is 0 Å². The number of fused-ring (bicyclic) bond motifs is 1. The van der Waals surface area contributed by atoms with Gasteiger partial charge in [-0.1, -0.05) is 30.3 Å². The predicted molar refractivity (Wildman–Crippen MR) is 114 cm³/mol. The van der Waals surface area contributed by atoms with Crippen molar-refractivity contribution in [1.82, 2.24) is 4.98 Å². The third-order valence-corrected chi connectivity index (χ3v) is 5.29. The maximum absolute atomic E-state index is 11.6. The molecule has 0 bridgehead atoms. The Kier molecular flexibility index (Phi) is 5.26. The van der Waals surface area contributed by atoms with E-state index < -0.39 is 0 Å². The predicted octanol–water partition coefficient (Wildman–Crippen LogP) is 4.33. The zero-order valence-corrected chi connectivity index (χ0v) is 16.4. The highest BCUT2D eigenvalue weighted by molar-refractivity contribution is 5.95. The van der Waals surface area contributed by atoms with Crippen molar-refractivity contribution >= 4 is 17.3 Å². The molecule has 0 atom stereocenters. The largest absolute Gasteiger partial charge is 0.380 e. The van der Waals surface area contributed by atoms with E-state index in [4.69, 9.17) is 0 Å². The molecular weight excluding hydrogens is 360 g/mol. The van der Waals surface area contributed by atoms with Crippen LogP contribution in [0.1, 0.15) is 39.5 Å². The molecule has 0 amide bonds. The van der Waals surface area contributed by atoms with Crippen LogP contribution in [-0.2, 0) is 19.5 Å². The maximum Gasteiger partial charge on any atom is 0.159 e. The summed E-state index contributed by atoms with van der Waals surface area (Å²) < 4.78 is 0. The second-order valence-electron chi connectivity index (χ2n) is 7.25. The molecule has 0 spiro atoms. The molecule has 0 radical (unpaired) electrons. The van der Waals surface area contributed by atoms with Gasteiger partial charge in [0.2, 0.25) is 0 Å². The number of carbonyl (C=O) groups excluding carboxylic acids is 1. The molecule has 1 aromatic heterocycles. The number of ketones is 1. The Hall–Kier alpha value is -3.65. The fourth-order valence-corrected chi connectivity index (χ4v) is 3.60. The molecule has 5 nitrogen and oxygen atoms in total. The number of nitriles is 1. The van der Waals surface area contributed by atoms with Crippen molar-refractivity contribution in [1.29, 1.82) is 5.26 Å². The van der Waals surface area contributed by atoms with Crippen LogP contribution in [0.15, 0.2) is 60.8 Å². The number of hydrogen-bond donors (Lipinski definition) is 1. The van der Waals surface area contributed by atoms with Gasteiger partial charge in [0.05, 0.1) is 11.3 Å². The molecule has 144 valence electrons. The number of rotatable bonds is 5. The standard InChI is InChI=1S/C24H22N4O/c1-17(29)20-7-8-21(13-25)23(12-20)26-14-18-6-9-24(27-15-18)28-11-10-19-4-2-3-5-22(19)16-28/h2-9,12,15,26H,10-11,14,16H2,1H3. The molecular formula is C24H22N4O. The van der Waals surface area contributed by atoms with Crippen LogP contribution in [0.3, 0.4) is 0 Å². The molecule has 0 saturated heterocycles. The van der Waals surface area contributed by atoms with Crippen LogP contribution in [0, 0.1) is 11.3 Å². The van der Waals surface area contributed by atoms with Gasteiger partial charge in [-0.15, -0.1) is 0 Å². The van der Waals surface area contributed by atoms with Crippen LogP contribution in [-0.4, -0.2) is 17.3 Å². The van der Waals surface area contributed by atoms with E-state index in [0.717, 1.165) is 30.9 Å². The molecule has 0 unspecified atom stereocenters. The number of aromatic nitrogens is 1. The van der Waals surface area contributed by atoms with Crippen molar-refractivity contribution in [3.8, 4) is 6.07 Å². The SMILES string of the molecule is CC(=O)c1ccc(C#N)c(NCc2ccc(N3CCc4ccccc4C3)nc2)c1. The molecule has 1 N–H and O–H groups in total. The Morgan fingerprint density at radius 1 is 1.17 bits per heavy atom. The fraction of sp³-hybridized carbons (Fsp3) is 0.208. The first-order valence-corrected chi connectivity index (χ1v) is 9.69. The van der Waals surface area contributed by atoms with Crippen molar-refractivity contribution < 1.29 is 4.79 Å². The van der Waals surface area contributed by atoms with E-state index in [2.05, 4.69) is 51.6 Å². The number of hydrogen-bond acceptors (Lipinski definition) is 5. The van der Waals surface area contributed by atoms with Crippen molar-refractivity contribution in [2.45, 2.75) is 26.4 Å². The van der Waals surface area contributed by atoms with Crippen LogP contribution in [0.5, 0.6) is 0 Å². The lowest BCUT2D eigenvalue weighted by atomic mass is 10.00. The van der Waals surface area contributed by atoms with Gasteiger partial charge >= 0.3 is 0 Å². The van der Waals surface area contributed by atoms with Crippen LogP contribution in [0.25, 0.3) is 0 Å². The topological polar surface area (TPSA) is 69.0 Å². The first-order chi connectivity index (χ1) is 14.1. The van der Waals surface area contributed by atoms with E-state index in [9.17, 15) is 10.1 Å². The van der Waals surface area contributed by atoms with E-state index in [1.165, 1.54) is 18.1 Å². The Morgan fingerprint density at radius 3 is 2.72 bits per heavy atom. The molecule has 4 rings (SSSR count). The lowest BCUT2D eigenvalue weighted by molar-refractivity contribution is 0.101. The summed E-state index contributed by atoms with van der Waals surface area (Å²) in [5.41, 5.74) is 5.57. The normalized spacial score (nSPS) is 12.8. The fourth-order valence-electron chi connectivity index (χ4n) is 3.60. The van der Waals surface area contributed by atoms with Gasteiger partial charge in [-0.25, -0.2) is 4.98 Å². The summed E-state index contributed by atoms with van der Waals surface area (Å²) in [5.74, 6) is 0.950. The molecule has 5 heteroatoms. The lowest BCUT2D eigenvalue weighted by Crippen LogP contribution is -2.30. The Balaban J connectivity index is 1.44. The first kappa shape index (κ1) is 18.7. The summed E-state index contributed by atoms with van der Waals surface area (Å²) in [6.45, 7) is 3.90. The second-order valence-corrected chi connectivity index (χ2v) is 7.25. The molecule has 1 aliphatic rings. The highest BCUT2D eigenvalue weighted by atomic mass is 16.1. The lowest BCUT2D eigenvalue weighted by Gasteiger charge is -2.29. The molecule has 29 heavy (non-hydrogen) atoms. The minimum absolute atomic E-state index is 0.0216. The summed E-state index contributed by atoms with van der Waals surface area (Å²) in [4.78, 5) is 18.5. The minimum Gasteiger partial charge on any atom is -0.380 e. The van der Waals surface area contributed by atoms with Crippen molar-refractivity contribution in [2.75, 3.05) is 16.8 Å². The average molecular weight is 382 g/mol. The number of nitrogens with zero attached hydrogens (tertiary/aromatic N) is 3. The van der Waals surface area contributed by atoms with Gasteiger partial charge in [-0.2, -0.15) is 5.26 Å². The van der Waals surface area contributed by atoms with Gasteiger partial charge in [0, 0.05) is 31.4 Å². The summed E-state index contributed by atoms with van der Waals surface area (Å²) in [6, 6.07) is 19.9. The third-order valence-electron chi connectivity index (χ3n) is 5.29. The first-order valence-electron chi connectivity index (χ1n) is 9.69. The zero-order valence-electron chi connectivity index (χ0n) is 16.4. The molecule has 3 aromatic rings. The quantitative estimate of drug-likeness (QED) is 0.665. The van der Waals surface area contributed by atoms with Crippen molar-refractivity contribution in [3.05, 3.63) is 88.6 Å². The van der Waals surface area contributed by atoms with E-state index in [0.29, 0.717) is 23.4 Å². The average Bonchev–Trinajstić information content (AvgIpc) is 2.77. The summed E-state index contributed by atoms with van der Waals surface area (Å²) in [6.07, 6.45) is 2.90. The van der Waals surface area contributed by atoms with Crippen LogP contribution < -0.4 is 10.2 Å². The Bertz CT molecular complexity index is 1080. The number of benzene rings is 2. The van der Waals surface area contributed by atoms with Gasteiger partial charge in [0.1, 0.15) is 11.9 Å². The summed E-state index contributed by atoms with van der Waals surface area (Å²) in [7, 11) is 0. The van der Waals surface area contributed by atoms with Gasteiger partial charge in [0.15, 0.2) is 5.78 Å². The highest BCUT2D eigenvalue weighted by Crippen LogP contribution is 2.23. The molecule has 0 fully saturated rings. The smallest absolute Gasteiger partial charge is 0.159 e. The number of nitrogens with one attached hydrogen (secondary N) is 1. The Labute approximate surface area is 170 Å². The van der Waals surface area contributed by atoms with E-state index in [-0.39, 0.29) is 5.78 Å². The van der Waals surface area contributed by atoms with Crippen molar-refractivity contribution in [2.24, 2.45) is 0 Å². The number of Topliss-reactive ketones (excluding diaryl/α,β-unsaturated/α-hetero) is 1. The van der Waals surface area contributed by atoms with Gasteiger partial charge < -0.3 is 10.2 Å². The molecule has 0 saturated carbocycles. The Morgan fingerprint density at radius 2 is 2.00 bits per heavy atom. The van der Waals surface area contributed by atoms with E-state index >= 15 is 0 Å². The number of pyridine rings is 1. The number of carbonyl (C=O) groups is 1. The van der Waals surface area contributed by atoms with Gasteiger partial charge in [-0.3, -0.25) is 4.79 Å². The molecule has 2 aromatic carbocycles. The third kappa shape index (κ3) is 4.12. The van der Waals surface area contributed by atoms with Crippen LogP contribution in [0.2, 0.25) is 0 Å².